The molecule has 0 aliphatic carbocycles. The SMILES string of the molecule is O=CN1CCN(C(=O)CN(c2cccc(Cl)c2)S(=O)(=O)c2ccccc2)CC1. The summed E-state index contributed by atoms with van der Waals surface area (Å²) in [4.78, 5) is 26.9. The summed E-state index contributed by atoms with van der Waals surface area (Å²) in [7, 11) is -3.96. The summed E-state index contributed by atoms with van der Waals surface area (Å²) in [6.45, 7) is 1.24. The summed E-state index contributed by atoms with van der Waals surface area (Å²) < 4.78 is 27.5. The fourth-order valence-electron chi connectivity index (χ4n) is 2.97. The minimum atomic E-state index is -3.96. The van der Waals surface area contributed by atoms with Crippen molar-refractivity contribution in [3.8, 4) is 0 Å². The summed E-state index contributed by atoms with van der Waals surface area (Å²) in [5, 5.41) is 0.373. The molecule has 1 saturated heterocycles. The van der Waals surface area contributed by atoms with Crippen LogP contribution in [0, 0.1) is 0 Å². The van der Waals surface area contributed by atoms with Crippen LogP contribution in [0.15, 0.2) is 59.5 Å². The Bertz CT molecular complexity index is 945. The first-order chi connectivity index (χ1) is 13.4. The summed E-state index contributed by atoms with van der Waals surface area (Å²) in [5.74, 6) is -0.329. The number of piperazine rings is 1. The second-order valence-electron chi connectivity index (χ2n) is 6.33. The fraction of sp³-hybridized carbons (Fsp3) is 0.263. The highest BCUT2D eigenvalue weighted by Crippen LogP contribution is 2.26. The van der Waals surface area contributed by atoms with Crippen molar-refractivity contribution in [2.24, 2.45) is 0 Å². The zero-order valence-electron chi connectivity index (χ0n) is 15.1. The predicted molar refractivity (Wildman–Crippen MR) is 107 cm³/mol. The van der Waals surface area contributed by atoms with Gasteiger partial charge >= 0.3 is 0 Å². The van der Waals surface area contributed by atoms with E-state index in [0.29, 0.717) is 36.9 Å². The van der Waals surface area contributed by atoms with Crippen LogP contribution in [-0.2, 0) is 19.6 Å². The second-order valence-corrected chi connectivity index (χ2v) is 8.63. The van der Waals surface area contributed by atoms with Crippen molar-refractivity contribution in [3.63, 3.8) is 0 Å². The topological polar surface area (TPSA) is 78.0 Å². The van der Waals surface area contributed by atoms with E-state index in [1.807, 2.05) is 0 Å². The van der Waals surface area contributed by atoms with Crippen LogP contribution in [0.5, 0.6) is 0 Å². The lowest BCUT2D eigenvalue weighted by Crippen LogP contribution is -2.51. The van der Waals surface area contributed by atoms with Crippen molar-refractivity contribution >= 4 is 39.6 Å². The molecule has 2 amide bonds. The van der Waals surface area contributed by atoms with Crippen molar-refractivity contribution in [2.45, 2.75) is 4.90 Å². The lowest BCUT2D eigenvalue weighted by molar-refractivity contribution is -0.133. The molecular weight excluding hydrogens is 402 g/mol. The van der Waals surface area contributed by atoms with Crippen LogP contribution < -0.4 is 4.31 Å². The molecule has 9 heteroatoms. The molecule has 1 aliphatic rings. The molecule has 1 fully saturated rings. The van der Waals surface area contributed by atoms with Crippen LogP contribution in [0.3, 0.4) is 0 Å². The molecule has 0 unspecified atom stereocenters. The second kappa shape index (κ2) is 8.62. The molecule has 0 spiro atoms. The molecule has 0 atom stereocenters. The lowest BCUT2D eigenvalue weighted by atomic mass is 10.3. The van der Waals surface area contributed by atoms with Gasteiger partial charge in [-0.2, -0.15) is 0 Å². The first kappa shape index (κ1) is 20.2. The van der Waals surface area contributed by atoms with E-state index in [1.165, 1.54) is 18.2 Å². The summed E-state index contributed by atoms with van der Waals surface area (Å²) in [6.07, 6.45) is 0.750. The summed E-state index contributed by atoms with van der Waals surface area (Å²) in [5.41, 5.74) is 0.316. The van der Waals surface area contributed by atoms with Crippen LogP contribution in [0.1, 0.15) is 0 Å². The van der Waals surface area contributed by atoms with Gasteiger partial charge in [0.2, 0.25) is 12.3 Å². The van der Waals surface area contributed by atoms with Crippen molar-refractivity contribution in [2.75, 3.05) is 37.0 Å². The zero-order chi connectivity index (χ0) is 20.1. The number of carbonyl (C=O) groups excluding carboxylic acids is 2. The zero-order valence-corrected chi connectivity index (χ0v) is 16.6. The monoisotopic (exact) mass is 421 g/mol. The van der Waals surface area contributed by atoms with Crippen molar-refractivity contribution < 1.29 is 18.0 Å². The maximum atomic E-state index is 13.2. The molecule has 28 heavy (non-hydrogen) atoms. The van der Waals surface area contributed by atoms with E-state index in [1.54, 1.807) is 46.2 Å². The average molecular weight is 422 g/mol. The highest BCUT2D eigenvalue weighted by atomic mass is 35.5. The number of rotatable bonds is 6. The molecule has 0 N–H and O–H groups in total. The Balaban J connectivity index is 1.89. The van der Waals surface area contributed by atoms with E-state index in [9.17, 15) is 18.0 Å². The molecule has 1 aliphatic heterocycles. The van der Waals surface area contributed by atoms with Crippen LogP contribution >= 0.6 is 11.6 Å². The summed E-state index contributed by atoms with van der Waals surface area (Å²) >= 11 is 6.05. The Hall–Kier alpha value is -2.58. The van der Waals surface area contributed by atoms with Crippen molar-refractivity contribution in [1.82, 2.24) is 9.80 Å². The van der Waals surface area contributed by atoms with Gasteiger partial charge in [0.05, 0.1) is 10.6 Å². The molecule has 0 saturated carbocycles. The largest absolute Gasteiger partial charge is 0.342 e. The van der Waals surface area contributed by atoms with Crippen molar-refractivity contribution in [1.29, 1.82) is 0 Å². The predicted octanol–water partition coefficient (Wildman–Crippen LogP) is 1.84. The van der Waals surface area contributed by atoms with Gasteiger partial charge in [0, 0.05) is 31.2 Å². The molecule has 3 rings (SSSR count). The molecule has 1 heterocycles. The minimum Gasteiger partial charge on any atom is -0.342 e. The van der Waals surface area contributed by atoms with E-state index >= 15 is 0 Å². The summed E-state index contributed by atoms with van der Waals surface area (Å²) in [6, 6.07) is 14.3. The van der Waals surface area contributed by atoms with Crippen LogP contribution in [0.4, 0.5) is 5.69 Å². The molecule has 0 bridgehead atoms. The van der Waals surface area contributed by atoms with Gasteiger partial charge in [-0.15, -0.1) is 0 Å². The molecule has 0 aromatic heterocycles. The number of amides is 2. The molecule has 7 nitrogen and oxygen atoms in total. The molecule has 148 valence electrons. The Morgan fingerprint density at radius 3 is 2.32 bits per heavy atom. The molecular formula is C19H20ClN3O4S. The average Bonchev–Trinajstić information content (AvgIpc) is 2.72. The van der Waals surface area contributed by atoms with E-state index < -0.39 is 10.0 Å². The highest BCUT2D eigenvalue weighted by molar-refractivity contribution is 7.92. The third kappa shape index (κ3) is 4.45. The first-order valence-electron chi connectivity index (χ1n) is 8.72. The number of carbonyl (C=O) groups is 2. The van der Waals surface area contributed by atoms with Gasteiger partial charge < -0.3 is 9.80 Å². The minimum absolute atomic E-state index is 0.0912. The normalized spacial score (nSPS) is 14.6. The number of anilines is 1. The Kier molecular flexibility index (Phi) is 6.21. The lowest BCUT2D eigenvalue weighted by Gasteiger charge is -2.34. The van der Waals surface area contributed by atoms with Crippen LogP contribution in [-0.4, -0.2) is 63.3 Å². The van der Waals surface area contributed by atoms with Gasteiger partial charge in [-0.25, -0.2) is 8.42 Å². The number of sulfonamides is 1. The Morgan fingerprint density at radius 1 is 1.04 bits per heavy atom. The number of halogens is 1. The van der Waals surface area contributed by atoms with Crippen LogP contribution in [0.25, 0.3) is 0 Å². The van der Waals surface area contributed by atoms with Gasteiger partial charge in [0.1, 0.15) is 6.54 Å². The fourth-order valence-corrected chi connectivity index (χ4v) is 4.58. The third-order valence-corrected chi connectivity index (χ3v) is 6.55. The van der Waals surface area contributed by atoms with Gasteiger partial charge in [0.25, 0.3) is 10.0 Å². The Morgan fingerprint density at radius 2 is 1.71 bits per heavy atom. The quantitative estimate of drug-likeness (QED) is 0.667. The highest BCUT2D eigenvalue weighted by Gasteiger charge is 2.30. The van der Waals surface area contributed by atoms with Crippen LogP contribution in [0.2, 0.25) is 5.02 Å². The van der Waals surface area contributed by atoms with Gasteiger partial charge in [-0.3, -0.25) is 13.9 Å². The first-order valence-corrected chi connectivity index (χ1v) is 10.5. The number of benzene rings is 2. The maximum absolute atomic E-state index is 13.2. The molecule has 2 aromatic carbocycles. The number of hydrogen-bond acceptors (Lipinski definition) is 4. The van der Waals surface area contributed by atoms with Gasteiger partial charge in [-0.05, 0) is 30.3 Å². The van der Waals surface area contributed by atoms with Crippen molar-refractivity contribution in [3.05, 3.63) is 59.6 Å². The molecule has 0 radical (unpaired) electrons. The maximum Gasteiger partial charge on any atom is 0.264 e. The van der Waals surface area contributed by atoms with E-state index in [0.717, 1.165) is 10.7 Å². The third-order valence-electron chi connectivity index (χ3n) is 4.52. The van der Waals surface area contributed by atoms with E-state index in [4.69, 9.17) is 11.6 Å². The van der Waals surface area contributed by atoms with Gasteiger partial charge in [0.15, 0.2) is 0 Å². The Labute approximate surface area is 169 Å². The molecule has 2 aromatic rings. The van der Waals surface area contributed by atoms with E-state index in [-0.39, 0.29) is 17.3 Å². The number of hydrogen-bond donors (Lipinski definition) is 0. The van der Waals surface area contributed by atoms with Gasteiger partial charge in [-0.1, -0.05) is 35.9 Å². The standard InChI is InChI=1S/C19H20ClN3O4S/c20-16-5-4-6-17(13-16)23(28(26,27)18-7-2-1-3-8-18)14-19(25)22-11-9-21(15-24)10-12-22/h1-8,13,15H,9-12,14H2. The number of nitrogens with zero attached hydrogens (tertiary/aromatic N) is 3. The van der Waals surface area contributed by atoms with E-state index in [2.05, 4.69) is 0 Å². The smallest absolute Gasteiger partial charge is 0.264 e.